The Bertz CT molecular complexity index is 260. The van der Waals surface area contributed by atoms with Gasteiger partial charge in [-0.15, -0.1) is 6.58 Å². The van der Waals surface area contributed by atoms with E-state index < -0.39 is 12.2 Å². The molecular formula is C11H21N3O3. The molecule has 0 aromatic carbocycles. The Morgan fingerprint density at radius 1 is 1.53 bits per heavy atom. The first-order valence-electron chi connectivity index (χ1n) is 5.85. The Labute approximate surface area is 101 Å². The third-order valence-electron chi connectivity index (χ3n) is 2.71. The Balaban J connectivity index is 2.07. The summed E-state index contributed by atoms with van der Waals surface area (Å²) in [6.45, 7) is 6.44. The number of urea groups is 1. The number of carbonyl (C=O) groups is 1. The van der Waals surface area contributed by atoms with Gasteiger partial charge in [0.05, 0.1) is 12.2 Å². The van der Waals surface area contributed by atoms with Crippen LogP contribution in [0.1, 0.15) is 6.42 Å². The van der Waals surface area contributed by atoms with Gasteiger partial charge in [-0.3, -0.25) is 0 Å². The van der Waals surface area contributed by atoms with Crippen LogP contribution >= 0.6 is 0 Å². The largest absolute Gasteiger partial charge is 0.390 e. The van der Waals surface area contributed by atoms with Gasteiger partial charge in [0.1, 0.15) is 0 Å². The molecule has 0 radical (unpaired) electrons. The summed E-state index contributed by atoms with van der Waals surface area (Å²) >= 11 is 0. The van der Waals surface area contributed by atoms with Gasteiger partial charge in [0, 0.05) is 32.7 Å². The molecule has 98 valence electrons. The first-order valence-corrected chi connectivity index (χ1v) is 5.85. The topological polar surface area (TPSA) is 84.8 Å². The molecule has 6 nitrogen and oxygen atoms in total. The van der Waals surface area contributed by atoms with E-state index in [1.807, 2.05) is 0 Å². The molecule has 2 unspecified atom stereocenters. The number of nitrogens with zero attached hydrogens (tertiary/aromatic N) is 1. The van der Waals surface area contributed by atoms with Crippen molar-refractivity contribution in [2.75, 3.05) is 32.7 Å². The third kappa shape index (κ3) is 4.72. The molecule has 6 heteroatoms. The monoisotopic (exact) mass is 243 g/mol. The first kappa shape index (κ1) is 14.0. The van der Waals surface area contributed by atoms with Gasteiger partial charge in [-0.25, -0.2) is 4.79 Å². The molecule has 1 rings (SSSR count). The predicted octanol–water partition coefficient (Wildman–Crippen LogP) is -1.10. The number of aliphatic hydroxyl groups excluding tert-OH is 2. The zero-order valence-corrected chi connectivity index (χ0v) is 9.93. The predicted molar refractivity (Wildman–Crippen MR) is 64.7 cm³/mol. The van der Waals surface area contributed by atoms with Crippen LogP contribution in [-0.2, 0) is 0 Å². The van der Waals surface area contributed by atoms with Crippen LogP contribution in [0.3, 0.4) is 0 Å². The summed E-state index contributed by atoms with van der Waals surface area (Å²) in [6, 6.07) is -0.0426. The van der Waals surface area contributed by atoms with Gasteiger partial charge in [-0.05, 0) is 6.42 Å². The van der Waals surface area contributed by atoms with Gasteiger partial charge in [-0.1, -0.05) is 6.08 Å². The van der Waals surface area contributed by atoms with E-state index in [1.54, 1.807) is 11.0 Å². The quantitative estimate of drug-likeness (QED) is 0.322. The third-order valence-corrected chi connectivity index (χ3v) is 2.71. The lowest BCUT2D eigenvalue weighted by molar-refractivity contribution is 0.0223. The molecule has 0 bridgehead atoms. The fraction of sp³-hybridized carbons (Fsp3) is 0.727. The molecule has 1 fully saturated rings. The maximum atomic E-state index is 11.2. The number of aliphatic hydroxyl groups is 2. The van der Waals surface area contributed by atoms with E-state index in [9.17, 15) is 15.0 Å². The minimum atomic E-state index is -0.805. The normalized spacial score (nSPS) is 18.9. The molecule has 4 N–H and O–H groups in total. The van der Waals surface area contributed by atoms with E-state index in [1.165, 1.54) is 0 Å². The standard InChI is InChI=1S/C11H21N3O3/c1-2-3-9(15)10(16)8-12-4-6-14-7-5-13-11(14)17/h2,9-10,12,15-16H,1,3-8H2,(H,13,17). The van der Waals surface area contributed by atoms with Gasteiger partial charge >= 0.3 is 6.03 Å². The Morgan fingerprint density at radius 2 is 2.29 bits per heavy atom. The molecule has 0 spiro atoms. The molecule has 1 aliphatic heterocycles. The molecule has 1 saturated heterocycles. The molecule has 0 saturated carbocycles. The van der Waals surface area contributed by atoms with Crippen LogP contribution in [0.4, 0.5) is 4.79 Å². The van der Waals surface area contributed by atoms with E-state index in [-0.39, 0.29) is 6.03 Å². The van der Waals surface area contributed by atoms with E-state index in [2.05, 4.69) is 17.2 Å². The van der Waals surface area contributed by atoms with Crippen LogP contribution in [0.25, 0.3) is 0 Å². The van der Waals surface area contributed by atoms with Crippen molar-refractivity contribution in [1.29, 1.82) is 0 Å². The highest BCUT2D eigenvalue weighted by Crippen LogP contribution is 1.98. The van der Waals surface area contributed by atoms with E-state index in [0.29, 0.717) is 32.6 Å². The molecule has 0 aliphatic carbocycles. The molecule has 17 heavy (non-hydrogen) atoms. The minimum absolute atomic E-state index is 0.0426. The Hall–Kier alpha value is -1.11. The second kappa shape index (κ2) is 7.26. The van der Waals surface area contributed by atoms with Gasteiger partial charge in [-0.2, -0.15) is 0 Å². The van der Waals surface area contributed by atoms with Crippen molar-refractivity contribution in [3.63, 3.8) is 0 Å². The maximum Gasteiger partial charge on any atom is 0.317 e. The summed E-state index contributed by atoms with van der Waals surface area (Å²) in [6.07, 6.45) is 0.357. The van der Waals surface area contributed by atoms with Crippen molar-refractivity contribution in [2.45, 2.75) is 18.6 Å². The van der Waals surface area contributed by atoms with Crippen molar-refractivity contribution >= 4 is 6.03 Å². The highest BCUT2D eigenvalue weighted by Gasteiger charge is 2.19. The molecular weight excluding hydrogens is 222 g/mol. The summed E-state index contributed by atoms with van der Waals surface area (Å²) in [4.78, 5) is 12.9. The number of nitrogens with one attached hydrogen (secondary N) is 2. The van der Waals surface area contributed by atoms with Gasteiger partial charge < -0.3 is 25.7 Å². The van der Waals surface area contributed by atoms with Crippen LogP contribution in [0.2, 0.25) is 0 Å². The van der Waals surface area contributed by atoms with Crippen LogP contribution in [0, 0.1) is 0 Å². The van der Waals surface area contributed by atoms with Crippen LogP contribution in [-0.4, -0.2) is 66.1 Å². The fourth-order valence-corrected chi connectivity index (χ4v) is 1.65. The van der Waals surface area contributed by atoms with Gasteiger partial charge in [0.2, 0.25) is 0 Å². The highest BCUT2D eigenvalue weighted by atomic mass is 16.3. The van der Waals surface area contributed by atoms with Crippen molar-refractivity contribution < 1.29 is 15.0 Å². The fourth-order valence-electron chi connectivity index (χ4n) is 1.65. The summed E-state index contributed by atoms with van der Waals surface area (Å²) in [5.74, 6) is 0. The first-order chi connectivity index (χ1) is 8.15. The Kier molecular flexibility index (Phi) is 5.96. The Morgan fingerprint density at radius 3 is 2.88 bits per heavy atom. The van der Waals surface area contributed by atoms with E-state index >= 15 is 0 Å². The SMILES string of the molecule is C=CCC(O)C(O)CNCCN1CCNC1=O. The highest BCUT2D eigenvalue weighted by molar-refractivity contribution is 5.76. The molecule has 0 aromatic rings. The van der Waals surface area contributed by atoms with E-state index in [4.69, 9.17) is 0 Å². The average Bonchev–Trinajstić information content (AvgIpc) is 2.70. The number of rotatable bonds is 8. The van der Waals surface area contributed by atoms with E-state index in [0.717, 1.165) is 6.54 Å². The molecule has 0 aromatic heterocycles. The van der Waals surface area contributed by atoms with Crippen molar-refractivity contribution in [3.8, 4) is 0 Å². The number of carbonyl (C=O) groups excluding carboxylic acids is 1. The van der Waals surface area contributed by atoms with Gasteiger partial charge in [0.25, 0.3) is 0 Å². The number of amides is 2. The number of hydrogen-bond acceptors (Lipinski definition) is 4. The zero-order valence-electron chi connectivity index (χ0n) is 9.93. The average molecular weight is 243 g/mol. The van der Waals surface area contributed by atoms with Gasteiger partial charge in [0.15, 0.2) is 0 Å². The van der Waals surface area contributed by atoms with Crippen LogP contribution in [0.5, 0.6) is 0 Å². The minimum Gasteiger partial charge on any atom is -0.390 e. The summed E-state index contributed by atoms with van der Waals surface area (Å²) in [5, 5.41) is 24.7. The summed E-state index contributed by atoms with van der Waals surface area (Å²) < 4.78 is 0. The van der Waals surface area contributed by atoms with Crippen molar-refractivity contribution in [1.82, 2.24) is 15.5 Å². The lowest BCUT2D eigenvalue weighted by atomic mass is 10.1. The van der Waals surface area contributed by atoms with Crippen LogP contribution < -0.4 is 10.6 Å². The van der Waals surface area contributed by atoms with Crippen molar-refractivity contribution in [3.05, 3.63) is 12.7 Å². The summed E-state index contributed by atoms with van der Waals surface area (Å²) in [5.41, 5.74) is 0. The molecule has 1 aliphatic rings. The molecule has 1 heterocycles. The lowest BCUT2D eigenvalue weighted by Crippen LogP contribution is -2.40. The number of hydrogen-bond donors (Lipinski definition) is 4. The van der Waals surface area contributed by atoms with Crippen molar-refractivity contribution in [2.24, 2.45) is 0 Å². The lowest BCUT2D eigenvalue weighted by Gasteiger charge is -2.18. The smallest absolute Gasteiger partial charge is 0.317 e. The molecule has 2 atom stereocenters. The van der Waals surface area contributed by atoms with Crippen LogP contribution in [0.15, 0.2) is 12.7 Å². The maximum absolute atomic E-state index is 11.2. The summed E-state index contributed by atoms with van der Waals surface area (Å²) in [7, 11) is 0. The second-order valence-corrected chi connectivity index (χ2v) is 4.08. The second-order valence-electron chi connectivity index (χ2n) is 4.08. The molecule has 2 amide bonds. The zero-order chi connectivity index (χ0) is 12.7.